The smallest absolute Gasteiger partial charge is 0.339 e. The zero-order valence-corrected chi connectivity index (χ0v) is 11.5. The van der Waals surface area contributed by atoms with Gasteiger partial charge < -0.3 is 19.5 Å². The Morgan fingerprint density at radius 1 is 1.40 bits per heavy atom. The van der Waals surface area contributed by atoms with Crippen LogP contribution >= 0.6 is 0 Å². The summed E-state index contributed by atoms with van der Waals surface area (Å²) in [6, 6.07) is 4.86. The molecule has 0 bridgehead atoms. The number of hydrogen-bond donors (Lipinski definition) is 1. The van der Waals surface area contributed by atoms with Crippen molar-refractivity contribution in [1.82, 2.24) is 4.90 Å². The minimum Gasteiger partial charge on any atom is -0.493 e. The number of methoxy groups -OCH3 is 1. The summed E-state index contributed by atoms with van der Waals surface area (Å²) in [4.78, 5) is 24.7. The van der Waals surface area contributed by atoms with Gasteiger partial charge in [-0.05, 0) is 25.0 Å². The van der Waals surface area contributed by atoms with Crippen LogP contribution in [-0.2, 0) is 4.79 Å². The number of likely N-dealkylation sites (N-methyl/N-ethyl adjacent to an activating group) is 1. The van der Waals surface area contributed by atoms with Crippen LogP contribution in [0.15, 0.2) is 18.2 Å². The molecule has 6 nitrogen and oxygen atoms in total. The van der Waals surface area contributed by atoms with E-state index >= 15 is 0 Å². The second-order valence-electron chi connectivity index (χ2n) is 4.67. The normalized spacial score (nSPS) is 13.7. The molecule has 0 atom stereocenters. The van der Waals surface area contributed by atoms with E-state index in [1.807, 2.05) is 0 Å². The zero-order valence-electron chi connectivity index (χ0n) is 11.5. The lowest BCUT2D eigenvalue weighted by molar-refractivity contribution is -0.132. The van der Waals surface area contributed by atoms with E-state index in [2.05, 4.69) is 0 Å². The highest BCUT2D eigenvalue weighted by atomic mass is 16.5. The Morgan fingerprint density at radius 2 is 2.10 bits per heavy atom. The van der Waals surface area contributed by atoms with Gasteiger partial charge in [0.05, 0.1) is 7.11 Å². The molecule has 6 heteroatoms. The fourth-order valence-corrected chi connectivity index (χ4v) is 1.90. The molecule has 20 heavy (non-hydrogen) atoms. The predicted octanol–water partition coefficient (Wildman–Crippen LogP) is 1.39. The van der Waals surface area contributed by atoms with Crippen molar-refractivity contribution in [2.75, 3.05) is 20.8 Å². The number of benzene rings is 1. The van der Waals surface area contributed by atoms with E-state index in [1.165, 1.54) is 13.2 Å². The van der Waals surface area contributed by atoms with Gasteiger partial charge in [0.2, 0.25) is 0 Å². The molecule has 0 spiro atoms. The van der Waals surface area contributed by atoms with Crippen molar-refractivity contribution in [3.8, 4) is 11.5 Å². The molecule has 2 rings (SSSR count). The van der Waals surface area contributed by atoms with E-state index in [0.717, 1.165) is 12.8 Å². The molecule has 0 saturated heterocycles. The second kappa shape index (κ2) is 5.81. The Labute approximate surface area is 116 Å². The fourth-order valence-electron chi connectivity index (χ4n) is 1.90. The van der Waals surface area contributed by atoms with E-state index < -0.39 is 5.97 Å². The first-order valence-electron chi connectivity index (χ1n) is 6.33. The van der Waals surface area contributed by atoms with E-state index in [-0.39, 0.29) is 23.8 Å². The van der Waals surface area contributed by atoms with Crippen molar-refractivity contribution in [2.45, 2.75) is 18.9 Å². The van der Waals surface area contributed by atoms with Crippen molar-refractivity contribution in [3.05, 3.63) is 23.8 Å². The van der Waals surface area contributed by atoms with Crippen molar-refractivity contribution in [3.63, 3.8) is 0 Å². The maximum atomic E-state index is 11.9. The highest BCUT2D eigenvalue weighted by Crippen LogP contribution is 2.31. The first kappa shape index (κ1) is 14.2. The van der Waals surface area contributed by atoms with Gasteiger partial charge in [-0.25, -0.2) is 4.79 Å². The Kier molecular flexibility index (Phi) is 4.12. The number of carboxylic acids is 1. The topological polar surface area (TPSA) is 76.1 Å². The van der Waals surface area contributed by atoms with Crippen molar-refractivity contribution in [2.24, 2.45) is 0 Å². The summed E-state index contributed by atoms with van der Waals surface area (Å²) in [7, 11) is 3.15. The molecule has 108 valence electrons. The third kappa shape index (κ3) is 3.01. The summed E-state index contributed by atoms with van der Waals surface area (Å²) in [5.74, 6) is -0.913. The van der Waals surface area contributed by atoms with Crippen LogP contribution in [-0.4, -0.2) is 48.7 Å². The highest BCUT2D eigenvalue weighted by molar-refractivity contribution is 5.92. The molecular formula is C14H17NO5. The molecule has 1 aromatic carbocycles. The number of rotatable bonds is 6. The Balaban J connectivity index is 2.11. The minimum atomic E-state index is -1.12. The van der Waals surface area contributed by atoms with Gasteiger partial charge in [0, 0.05) is 13.1 Å². The fraction of sp³-hybridized carbons (Fsp3) is 0.429. The summed E-state index contributed by atoms with van der Waals surface area (Å²) in [5.41, 5.74) is -0.0220. The van der Waals surface area contributed by atoms with Crippen molar-refractivity contribution >= 4 is 11.9 Å². The van der Waals surface area contributed by atoms with E-state index in [9.17, 15) is 9.59 Å². The first-order valence-corrected chi connectivity index (χ1v) is 6.33. The molecule has 0 unspecified atom stereocenters. The van der Waals surface area contributed by atoms with Gasteiger partial charge in [-0.1, -0.05) is 6.07 Å². The van der Waals surface area contributed by atoms with Crippen molar-refractivity contribution < 1.29 is 24.2 Å². The SMILES string of the molecule is COc1cccc(C(=O)O)c1OCC(=O)N(C)C1CC1. The molecule has 1 saturated carbocycles. The van der Waals surface area contributed by atoms with Gasteiger partial charge >= 0.3 is 5.97 Å². The average molecular weight is 279 g/mol. The number of nitrogens with zero attached hydrogens (tertiary/aromatic N) is 1. The molecule has 0 aromatic heterocycles. The monoisotopic (exact) mass is 279 g/mol. The number of carboxylic acid groups (broad SMARTS) is 1. The molecule has 1 amide bonds. The third-order valence-electron chi connectivity index (χ3n) is 3.26. The molecule has 0 radical (unpaired) electrons. The van der Waals surface area contributed by atoms with Crippen LogP contribution in [0.1, 0.15) is 23.2 Å². The summed E-state index contributed by atoms with van der Waals surface area (Å²) < 4.78 is 10.5. The predicted molar refractivity (Wildman–Crippen MR) is 71.2 cm³/mol. The van der Waals surface area contributed by atoms with Crippen LogP contribution in [0, 0.1) is 0 Å². The van der Waals surface area contributed by atoms with Crippen LogP contribution in [0.25, 0.3) is 0 Å². The van der Waals surface area contributed by atoms with Crippen LogP contribution in [0.2, 0.25) is 0 Å². The maximum absolute atomic E-state index is 11.9. The molecular weight excluding hydrogens is 262 g/mol. The van der Waals surface area contributed by atoms with E-state index in [1.54, 1.807) is 24.1 Å². The highest BCUT2D eigenvalue weighted by Gasteiger charge is 2.30. The summed E-state index contributed by atoms with van der Waals surface area (Å²) in [5, 5.41) is 9.13. The number of amides is 1. The number of ether oxygens (including phenoxy) is 2. The quantitative estimate of drug-likeness (QED) is 0.851. The number of carbonyl (C=O) groups is 2. The van der Waals surface area contributed by atoms with E-state index in [0.29, 0.717) is 11.8 Å². The molecule has 0 aliphatic heterocycles. The Bertz CT molecular complexity index is 524. The molecule has 1 aromatic rings. The van der Waals surface area contributed by atoms with Gasteiger partial charge in [0.25, 0.3) is 5.91 Å². The first-order chi connectivity index (χ1) is 9.54. The minimum absolute atomic E-state index is 0.0220. The second-order valence-corrected chi connectivity index (χ2v) is 4.67. The third-order valence-corrected chi connectivity index (χ3v) is 3.26. The van der Waals surface area contributed by atoms with Crippen LogP contribution in [0.4, 0.5) is 0 Å². The Morgan fingerprint density at radius 3 is 2.65 bits per heavy atom. The van der Waals surface area contributed by atoms with Gasteiger partial charge in [-0.3, -0.25) is 4.79 Å². The number of aromatic carboxylic acids is 1. The van der Waals surface area contributed by atoms with Gasteiger partial charge in [0.15, 0.2) is 18.1 Å². The molecule has 1 aliphatic rings. The zero-order chi connectivity index (χ0) is 14.7. The molecule has 1 N–H and O–H groups in total. The molecule has 1 fully saturated rings. The summed E-state index contributed by atoms with van der Waals surface area (Å²) >= 11 is 0. The largest absolute Gasteiger partial charge is 0.493 e. The molecule has 1 aliphatic carbocycles. The number of hydrogen-bond acceptors (Lipinski definition) is 4. The van der Waals surface area contributed by atoms with E-state index in [4.69, 9.17) is 14.6 Å². The number of para-hydroxylation sites is 1. The Hall–Kier alpha value is -2.24. The summed E-state index contributed by atoms with van der Waals surface area (Å²) in [6.45, 7) is -0.201. The van der Waals surface area contributed by atoms with Crippen LogP contribution < -0.4 is 9.47 Å². The van der Waals surface area contributed by atoms with Gasteiger partial charge in [0.1, 0.15) is 5.56 Å². The van der Waals surface area contributed by atoms with Crippen LogP contribution in [0.5, 0.6) is 11.5 Å². The lowest BCUT2D eigenvalue weighted by Crippen LogP contribution is -2.33. The molecule has 0 heterocycles. The van der Waals surface area contributed by atoms with Crippen molar-refractivity contribution in [1.29, 1.82) is 0 Å². The lowest BCUT2D eigenvalue weighted by Gasteiger charge is -2.18. The van der Waals surface area contributed by atoms with Gasteiger partial charge in [-0.2, -0.15) is 0 Å². The van der Waals surface area contributed by atoms with Crippen LogP contribution in [0.3, 0.4) is 0 Å². The standard InChI is InChI=1S/C14H17NO5/c1-15(9-6-7-9)12(16)8-20-13-10(14(17)18)4-3-5-11(13)19-2/h3-5,9H,6-8H2,1-2H3,(H,17,18). The average Bonchev–Trinajstić information content (AvgIpc) is 3.27. The van der Waals surface area contributed by atoms with Gasteiger partial charge in [-0.15, -0.1) is 0 Å². The maximum Gasteiger partial charge on any atom is 0.339 e. The lowest BCUT2D eigenvalue weighted by atomic mass is 10.2. The number of carbonyl (C=O) groups excluding carboxylic acids is 1. The summed E-state index contributed by atoms with van der Waals surface area (Å²) in [6.07, 6.45) is 2.02.